The van der Waals surface area contributed by atoms with Gasteiger partial charge in [0.25, 0.3) is 0 Å². The van der Waals surface area contributed by atoms with Crippen LogP contribution in [-0.2, 0) is 0 Å². The summed E-state index contributed by atoms with van der Waals surface area (Å²) in [5.74, 6) is 1.28. The van der Waals surface area contributed by atoms with E-state index in [1.807, 2.05) is 24.3 Å². The third-order valence-electron chi connectivity index (χ3n) is 3.77. The molecule has 4 heteroatoms. The van der Waals surface area contributed by atoms with Crippen LogP contribution >= 0.6 is 11.6 Å². The summed E-state index contributed by atoms with van der Waals surface area (Å²) in [6.45, 7) is 1.53. The third kappa shape index (κ3) is 3.88. The zero-order valence-electron chi connectivity index (χ0n) is 13.5. The summed E-state index contributed by atoms with van der Waals surface area (Å²) in [4.78, 5) is 11.3. The van der Waals surface area contributed by atoms with Gasteiger partial charge in [-0.25, -0.2) is 0 Å². The molecule has 2 aromatic carbocycles. The minimum atomic E-state index is 0.0243. The highest BCUT2D eigenvalue weighted by atomic mass is 35.5. The van der Waals surface area contributed by atoms with Gasteiger partial charge in [-0.1, -0.05) is 48.0 Å². The molecular weight excluding hydrogens is 334 g/mol. The highest BCUT2D eigenvalue weighted by molar-refractivity contribution is 6.30. The first-order valence-electron chi connectivity index (χ1n) is 7.66. The predicted octanol–water partition coefficient (Wildman–Crippen LogP) is 5.87. The molecule has 1 heterocycles. The second-order valence-electron chi connectivity index (χ2n) is 5.51. The second kappa shape index (κ2) is 7.21. The van der Waals surface area contributed by atoms with Gasteiger partial charge < -0.3 is 4.42 Å². The average molecular weight is 348 g/mol. The van der Waals surface area contributed by atoms with Crippen molar-refractivity contribution in [1.82, 2.24) is 0 Å². The number of benzene rings is 2. The van der Waals surface area contributed by atoms with E-state index in [0.29, 0.717) is 27.7 Å². The Balaban J connectivity index is 1.88. The Kier molecular flexibility index (Phi) is 4.83. The summed E-state index contributed by atoms with van der Waals surface area (Å²) in [7, 11) is 0. The molecule has 0 aliphatic heterocycles. The van der Waals surface area contributed by atoms with Crippen molar-refractivity contribution in [1.29, 1.82) is 5.26 Å². The zero-order valence-corrected chi connectivity index (χ0v) is 14.2. The second-order valence-corrected chi connectivity index (χ2v) is 5.95. The Labute approximate surface area is 150 Å². The number of allylic oxidation sites excluding steroid dienone is 1. The van der Waals surface area contributed by atoms with Gasteiger partial charge in [-0.05, 0) is 42.8 Å². The van der Waals surface area contributed by atoms with Crippen molar-refractivity contribution in [2.45, 2.75) is 6.92 Å². The summed E-state index contributed by atoms with van der Waals surface area (Å²) in [6, 6.07) is 20.1. The van der Waals surface area contributed by atoms with E-state index in [2.05, 4.69) is 6.07 Å². The van der Waals surface area contributed by atoms with Crippen molar-refractivity contribution < 1.29 is 9.21 Å². The lowest BCUT2D eigenvalue weighted by atomic mass is 10.1. The van der Waals surface area contributed by atoms with Gasteiger partial charge in [-0.3, -0.25) is 4.79 Å². The van der Waals surface area contributed by atoms with Crippen molar-refractivity contribution in [3.8, 4) is 17.4 Å². The number of nitriles is 1. The van der Waals surface area contributed by atoms with Gasteiger partial charge in [0, 0.05) is 16.1 Å². The number of carbonyl (C=O) groups is 1. The van der Waals surface area contributed by atoms with E-state index in [-0.39, 0.29) is 5.78 Å². The van der Waals surface area contributed by atoms with Gasteiger partial charge in [0.15, 0.2) is 5.78 Å². The molecule has 3 rings (SSSR count). The molecule has 0 N–H and O–H groups in total. The smallest absolute Gasteiger partial charge is 0.159 e. The maximum atomic E-state index is 11.3. The number of ketones is 1. The first-order chi connectivity index (χ1) is 12.1. The summed E-state index contributed by atoms with van der Waals surface area (Å²) in [5, 5.41) is 10.0. The van der Waals surface area contributed by atoms with Gasteiger partial charge in [0.1, 0.15) is 11.5 Å². The van der Waals surface area contributed by atoms with E-state index < -0.39 is 0 Å². The van der Waals surface area contributed by atoms with Gasteiger partial charge in [-0.15, -0.1) is 0 Å². The lowest BCUT2D eigenvalue weighted by Gasteiger charge is -2.00. The number of Topliss-reactive ketones (excluding diaryl/α,β-unsaturated/α-hetero) is 1. The fourth-order valence-corrected chi connectivity index (χ4v) is 2.53. The highest BCUT2D eigenvalue weighted by Gasteiger charge is 2.07. The van der Waals surface area contributed by atoms with Crippen LogP contribution in [0.4, 0.5) is 0 Å². The van der Waals surface area contributed by atoms with Crippen molar-refractivity contribution >= 4 is 29.0 Å². The molecule has 0 fully saturated rings. The number of hydrogen-bond acceptors (Lipinski definition) is 3. The molecule has 3 nitrogen and oxygen atoms in total. The minimum Gasteiger partial charge on any atom is -0.457 e. The van der Waals surface area contributed by atoms with Crippen LogP contribution in [0, 0.1) is 11.3 Å². The van der Waals surface area contributed by atoms with Crippen molar-refractivity contribution in [2.75, 3.05) is 0 Å². The maximum Gasteiger partial charge on any atom is 0.159 e. The normalized spacial score (nSPS) is 11.2. The van der Waals surface area contributed by atoms with E-state index in [1.165, 1.54) is 6.92 Å². The number of hydrogen-bond donors (Lipinski definition) is 0. The van der Waals surface area contributed by atoms with E-state index in [9.17, 15) is 10.1 Å². The van der Waals surface area contributed by atoms with Crippen LogP contribution in [0.1, 0.15) is 28.6 Å². The summed E-state index contributed by atoms with van der Waals surface area (Å²) in [5.41, 5.74) is 2.79. The van der Waals surface area contributed by atoms with Crippen LogP contribution in [0.2, 0.25) is 5.02 Å². The average Bonchev–Trinajstić information content (AvgIpc) is 3.09. The molecule has 0 aliphatic rings. The third-order valence-corrected chi connectivity index (χ3v) is 4.02. The molecule has 122 valence electrons. The molecule has 25 heavy (non-hydrogen) atoms. The maximum absolute atomic E-state index is 11.3. The van der Waals surface area contributed by atoms with Gasteiger partial charge >= 0.3 is 0 Å². The molecule has 0 saturated heterocycles. The number of halogens is 1. The van der Waals surface area contributed by atoms with E-state index in [1.54, 1.807) is 42.5 Å². The SMILES string of the molecule is CC(=O)c1ccc(-c2ccc(C=C(C#N)c3ccc(Cl)cc3)o2)cc1. The summed E-state index contributed by atoms with van der Waals surface area (Å²) in [6.07, 6.45) is 1.69. The topological polar surface area (TPSA) is 54.0 Å². The van der Waals surface area contributed by atoms with Crippen LogP contribution in [0.15, 0.2) is 65.1 Å². The van der Waals surface area contributed by atoms with Crippen molar-refractivity contribution in [3.05, 3.63) is 82.6 Å². The molecule has 0 unspecified atom stereocenters. The quantitative estimate of drug-likeness (QED) is 0.438. The Morgan fingerprint density at radius 2 is 1.64 bits per heavy atom. The van der Waals surface area contributed by atoms with Crippen LogP contribution in [0.3, 0.4) is 0 Å². The first-order valence-corrected chi connectivity index (χ1v) is 8.03. The van der Waals surface area contributed by atoms with Crippen molar-refractivity contribution in [2.24, 2.45) is 0 Å². The Hall–Kier alpha value is -3.09. The molecular formula is C21H14ClNO2. The molecule has 0 atom stereocenters. The first kappa shape index (κ1) is 16.8. The number of furan rings is 1. The van der Waals surface area contributed by atoms with E-state index in [4.69, 9.17) is 16.0 Å². The molecule has 0 bridgehead atoms. The Morgan fingerprint density at radius 3 is 2.24 bits per heavy atom. The lowest BCUT2D eigenvalue weighted by molar-refractivity contribution is 0.101. The fraction of sp³-hybridized carbons (Fsp3) is 0.0476. The molecule has 0 aliphatic carbocycles. The summed E-state index contributed by atoms with van der Waals surface area (Å²) >= 11 is 5.88. The van der Waals surface area contributed by atoms with Gasteiger partial charge in [0.2, 0.25) is 0 Å². The molecule has 0 radical (unpaired) electrons. The number of rotatable bonds is 4. The zero-order chi connectivity index (χ0) is 17.8. The molecule has 0 spiro atoms. The Morgan fingerprint density at radius 1 is 1.00 bits per heavy atom. The van der Waals surface area contributed by atoms with Crippen LogP contribution in [-0.4, -0.2) is 5.78 Å². The summed E-state index contributed by atoms with van der Waals surface area (Å²) < 4.78 is 5.81. The molecule has 1 aromatic heterocycles. The number of nitrogens with zero attached hydrogens (tertiary/aromatic N) is 1. The van der Waals surface area contributed by atoms with E-state index >= 15 is 0 Å². The standard InChI is InChI=1S/C21H14ClNO2/c1-14(24)15-2-4-17(5-3-15)21-11-10-20(25-21)12-18(13-23)16-6-8-19(22)9-7-16/h2-12H,1H3. The fourth-order valence-electron chi connectivity index (χ4n) is 2.41. The van der Waals surface area contributed by atoms with Gasteiger partial charge in [-0.2, -0.15) is 5.26 Å². The van der Waals surface area contributed by atoms with Crippen LogP contribution in [0.5, 0.6) is 0 Å². The highest BCUT2D eigenvalue weighted by Crippen LogP contribution is 2.26. The lowest BCUT2D eigenvalue weighted by Crippen LogP contribution is -1.90. The van der Waals surface area contributed by atoms with E-state index in [0.717, 1.165) is 11.1 Å². The van der Waals surface area contributed by atoms with Crippen molar-refractivity contribution in [3.63, 3.8) is 0 Å². The predicted molar refractivity (Wildman–Crippen MR) is 99.1 cm³/mol. The molecule has 0 saturated carbocycles. The Bertz CT molecular complexity index is 974. The van der Waals surface area contributed by atoms with Crippen LogP contribution < -0.4 is 0 Å². The monoisotopic (exact) mass is 347 g/mol. The molecule has 3 aromatic rings. The largest absolute Gasteiger partial charge is 0.457 e. The van der Waals surface area contributed by atoms with Crippen LogP contribution in [0.25, 0.3) is 23.0 Å². The number of carbonyl (C=O) groups excluding carboxylic acids is 1. The van der Waals surface area contributed by atoms with Gasteiger partial charge in [0.05, 0.1) is 11.6 Å². The minimum absolute atomic E-state index is 0.0243. The molecule has 0 amide bonds.